The number of phenolic OH excluding ortho intramolecular Hbond substituents is 1. The summed E-state index contributed by atoms with van der Waals surface area (Å²) >= 11 is 0. The van der Waals surface area contributed by atoms with Crippen molar-refractivity contribution < 1.29 is 23.7 Å². The van der Waals surface area contributed by atoms with Crippen molar-refractivity contribution in [3.05, 3.63) is 106 Å². The number of nitrogens with one attached hydrogen (secondary N) is 1. The molecule has 36 heavy (non-hydrogen) atoms. The van der Waals surface area contributed by atoms with Crippen molar-refractivity contribution in [2.45, 2.75) is 38.2 Å². The van der Waals surface area contributed by atoms with Gasteiger partial charge in [0, 0.05) is 17.0 Å². The molecular formula is C29H29F2NO4. The zero-order valence-corrected chi connectivity index (χ0v) is 20.0. The van der Waals surface area contributed by atoms with Crippen LogP contribution in [0, 0.1) is 5.92 Å². The van der Waals surface area contributed by atoms with Crippen LogP contribution in [0.25, 0.3) is 10.9 Å². The molecule has 0 radical (unpaired) electrons. The van der Waals surface area contributed by atoms with Gasteiger partial charge in [0.2, 0.25) is 5.56 Å². The first kappa shape index (κ1) is 25.4. The molecule has 0 aliphatic carbocycles. The molecule has 0 bridgehead atoms. The number of alkyl halides is 2. The monoisotopic (exact) mass is 493 g/mol. The third kappa shape index (κ3) is 6.10. The van der Waals surface area contributed by atoms with Gasteiger partial charge in [-0.1, -0.05) is 55.5 Å². The zero-order valence-electron chi connectivity index (χ0n) is 20.0. The number of benzene rings is 3. The molecule has 0 saturated heterocycles. The van der Waals surface area contributed by atoms with Gasteiger partial charge in [-0.3, -0.25) is 4.79 Å². The lowest BCUT2D eigenvalue weighted by Crippen LogP contribution is -2.23. The number of pyridine rings is 1. The fraction of sp³-hybridized carbons (Fsp3) is 0.276. The maximum atomic E-state index is 14.6. The summed E-state index contributed by atoms with van der Waals surface area (Å²) < 4.78 is 34.4. The predicted molar refractivity (Wildman–Crippen MR) is 136 cm³/mol. The number of aromatic nitrogens is 1. The number of rotatable bonds is 10. The Balaban J connectivity index is 1.33. The number of fused-ring (bicyclic) bond motifs is 1. The van der Waals surface area contributed by atoms with Crippen LogP contribution in [0.1, 0.15) is 42.6 Å². The summed E-state index contributed by atoms with van der Waals surface area (Å²) in [4.78, 5) is 14.2. The lowest BCUT2D eigenvalue weighted by atomic mass is 9.92. The number of aliphatic hydroxyl groups excluding tert-OH is 1. The van der Waals surface area contributed by atoms with E-state index < -0.39 is 18.6 Å². The Labute approximate surface area is 208 Å². The molecule has 3 aromatic carbocycles. The lowest BCUT2D eigenvalue weighted by molar-refractivity contribution is -0.0467. The molecule has 0 aliphatic rings. The second-order valence-corrected chi connectivity index (χ2v) is 9.19. The zero-order chi connectivity index (χ0) is 25.7. The Kier molecular flexibility index (Phi) is 7.70. The van der Waals surface area contributed by atoms with Crippen LogP contribution in [0.4, 0.5) is 8.78 Å². The molecule has 0 amide bonds. The van der Waals surface area contributed by atoms with Gasteiger partial charge in [-0.15, -0.1) is 0 Å². The molecule has 5 nitrogen and oxygen atoms in total. The first-order valence-electron chi connectivity index (χ1n) is 11.9. The maximum Gasteiger partial charge on any atom is 0.306 e. The summed E-state index contributed by atoms with van der Waals surface area (Å²) in [6.07, 6.45) is 1.10. The van der Waals surface area contributed by atoms with Gasteiger partial charge < -0.3 is 19.9 Å². The van der Waals surface area contributed by atoms with Gasteiger partial charge in [-0.2, -0.15) is 8.78 Å². The predicted octanol–water partition coefficient (Wildman–Crippen LogP) is 6.10. The van der Waals surface area contributed by atoms with E-state index in [9.17, 15) is 23.8 Å². The van der Waals surface area contributed by atoms with Crippen molar-refractivity contribution >= 4 is 10.9 Å². The number of hydrogen-bond acceptors (Lipinski definition) is 4. The van der Waals surface area contributed by atoms with Crippen LogP contribution in [-0.2, 0) is 12.3 Å². The summed E-state index contributed by atoms with van der Waals surface area (Å²) in [7, 11) is 0. The third-order valence-electron chi connectivity index (χ3n) is 6.32. The van der Waals surface area contributed by atoms with Gasteiger partial charge in [0.15, 0.2) is 6.61 Å². The Morgan fingerprint density at radius 3 is 2.39 bits per heavy atom. The van der Waals surface area contributed by atoms with E-state index in [-0.39, 0.29) is 22.8 Å². The Morgan fingerprint density at radius 1 is 0.944 bits per heavy atom. The van der Waals surface area contributed by atoms with Crippen LogP contribution in [-0.4, -0.2) is 21.8 Å². The molecule has 1 heterocycles. The van der Waals surface area contributed by atoms with E-state index in [0.717, 1.165) is 5.56 Å². The molecule has 0 aliphatic heterocycles. The average molecular weight is 494 g/mol. The summed E-state index contributed by atoms with van der Waals surface area (Å²) in [5.41, 5.74) is 1.45. The number of aliphatic hydroxyl groups is 1. The normalized spacial score (nSPS) is 13.4. The van der Waals surface area contributed by atoms with E-state index in [0.29, 0.717) is 41.5 Å². The van der Waals surface area contributed by atoms with Crippen molar-refractivity contribution in [2.24, 2.45) is 5.92 Å². The molecular weight excluding hydrogens is 464 g/mol. The van der Waals surface area contributed by atoms with Gasteiger partial charge in [-0.05, 0) is 60.6 Å². The molecule has 2 atom stereocenters. The Hall–Kier alpha value is -3.71. The van der Waals surface area contributed by atoms with E-state index in [1.807, 2.05) is 0 Å². The molecule has 4 aromatic rings. The molecule has 1 aromatic heterocycles. The van der Waals surface area contributed by atoms with E-state index in [1.54, 1.807) is 54.6 Å². The Bertz CT molecular complexity index is 1350. The van der Waals surface area contributed by atoms with Crippen LogP contribution >= 0.6 is 0 Å². The van der Waals surface area contributed by atoms with Crippen LogP contribution in [0.15, 0.2) is 83.7 Å². The quantitative estimate of drug-likeness (QED) is 0.249. The van der Waals surface area contributed by atoms with Crippen molar-refractivity contribution in [1.82, 2.24) is 4.98 Å². The SMILES string of the molecule is CC(CC[C@H](O)c1ccc(O)c2[nH]c(=O)ccc12)Cc1ccc(C(F)(F)COc2ccccc2)cc1. The second kappa shape index (κ2) is 10.9. The number of halogens is 2. The van der Waals surface area contributed by atoms with E-state index >= 15 is 0 Å². The number of para-hydroxylation sites is 1. The van der Waals surface area contributed by atoms with Crippen LogP contribution in [0.2, 0.25) is 0 Å². The fourth-order valence-electron chi connectivity index (χ4n) is 4.31. The third-order valence-corrected chi connectivity index (χ3v) is 6.32. The molecule has 188 valence electrons. The number of H-pyrrole nitrogens is 1. The summed E-state index contributed by atoms with van der Waals surface area (Å²) in [5.74, 6) is -2.55. The highest BCUT2D eigenvalue weighted by Crippen LogP contribution is 2.32. The number of aromatic hydroxyl groups is 1. The van der Waals surface area contributed by atoms with Gasteiger partial charge >= 0.3 is 5.92 Å². The topological polar surface area (TPSA) is 82.5 Å². The summed E-state index contributed by atoms with van der Waals surface area (Å²) in [6, 6.07) is 20.9. The first-order valence-corrected chi connectivity index (χ1v) is 11.9. The fourth-order valence-corrected chi connectivity index (χ4v) is 4.31. The molecule has 0 saturated carbocycles. The van der Waals surface area contributed by atoms with E-state index in [1.165, 1.54) is 24.3 Å². The molecule has 0 spiro atoms. The number of phenols is 1. The van der Waals surface area contributed by atoms with Crippen molar-refractivity contribution in [2.75, 3.05) is 6.61 Å². The second-order valence-electron chi connectivity index (χ2n) is 9.19. The van der Waals surface area contributed by atoms with Crippen molar-refractivity contribution in [3.63, 3.8) is 0 Å². The van der Waals surface area contributed by atoms with Crippen LogP contribution < -0.4 is 10.3 Å². The minimum absolute atomic E-state index is 0.0485. The maximum absolute atomic E-state index is 14.6. The summed E-state index contributed by atoms with van der Waals surface area (Å²) in [6.45, 7) is 1.32. The minimum Gasteiger partial charge on any atom is -0.506 e. The molecule has 3 N–H and O–H groups in total. The van der Waals surface area contributed by atoms with Gasteiger partial charge in [0.05, 0.1) is 11.6 Å². The molecule has 7 heteroatoms. The smallest absolute Gasteiger partial charge is 0.306 e. The minimum atomic E-state index is -3.11. The van der Waals surface area contributed by atoms with Crippen LogP contribution in [0.3, 0.4) is 0 Å². The Morgan fingerprint density at radius 2 is 1.67 bits per heavy atom. The average Bonchev–Trinajstić information content (AvgIpc) is 2.87. The van der Waals surface area contributed by atoms with Gasteiger partial charge in [-0.25, -0.2) is 0 Å². The van der Waals surface area contributed by atoms with Crippen molar-refractivity contribution in [1.29, 1.82) is 0 Å². The number of hydrogen-bond donors (Lipinski definition) is 3. The standard InChI is InChI=1S/C29H29F2NO4/c1-19(7-14-25(33)23-12-15-26(34)28-24(23)13-16-27(35)32-28)17-20-8-10-21(11-9-20)29(30,31)18-36-22-5-3-2-4-6-22/h2-6,8-13,15-16,19,25,33-34H,7,14,17-18H2,1H3,(H,32,35)/t19?,25-/m0/s1. The van der Waals surface area contributed by atoms with Crippen LogP contribution in [0.5, 0.6) is 11.5 Å². The first-order chi connectivity index (χ1) is 17.2. The van der Waals surface area contributed by atoms with Gasteiger partial charge in [0.1, 0.15) is 11.5 Å². The molecule has 4 rings (SSSR count). The highest BCUT2D eigenvalue weighted by Gasteiger charge is 2.32. The number of ether oxygens (including phenoxy) is 1. The number of aromatic amines is 1. The largest absolute Gasteiger partial charge is 0.506 e. The highest BCUT2D eigenvalue weighted by molar-refractivity contribution is 5.87. The highest BCUT2D eigenvalue weighted by atomic mass is 19.3. The van der Waals surface area contributed by atoms with E-state index in [4.69, 9.17) is 4.74 Å². The lowest BCUT2D eigenvalue weighted by Gasteiger charge is -2.19. The van der Waals surface area contributed by atoms with E-state index in [2.05, 4.69) is 11.9 Å². The van der Waals surface area contributed by atoms with Gasteiger partial charge in [0.25, 0.3) is 0 Å². The molecule has 0 fully saturated rings. The molecule has 1 unspecified atom stereocenters. The summed E-state index contributed by atoms with van der Waals surface area (Å²) in [5, 5.41) is 21.4. The van der Waals surface area contributed by atoms with Crippen molar-refractivity contribution in [3.8, 4) is 11.5 Å².